The molecule has 3 atom stereocenters. The van der Waals surface area contributed by atoms with Crippen molar-refractivity contribution >= 4 is 0 Å². The number of ether oxygens (including phenoxy) is 3. The largest absolute Gasteiger partial charge is 0.393 e. The van der Waals surface area contributed by atoms with Crippen LogP contribution < -0.4 is 0 Å². The summed E-state index contributed by atoms with van der Waals surface area (Å²) in [5.41, 5.74) is 1.05. The quantitative estimate of drug-likeness (QED) is 0.642. The molecule has 5 nitrogen and oxygen atoms in total. The van der Waals surface area contributed by atoms with E-state index in [2.05, 4.69) is 0 Å². The van der Waals surface area contributed by atoms with Crippen LogP contribution in [0.3, 0.4) is 0 Å². The van der Waals surface area contributed by atoms with Crippen molar-refractivity contribution < 1.29 is 24.4 Å². The summed E-state index contributed by atoms with van der Waals surface area (Å²) < 4.78 is 15.6. The van der Waals surface area contributed by atoms with Gasteiger partial charge in [-0.15, -0.1) is 0 Å². The number of methoxy groups -OCH3 is 2. The maximum absolute atomic E-state index is 10.1. The third-order valence-electron chi connectivity index (χ3n) is 3.57. The SMILES string of the molecule is COC(C[C@@H](O)[C@@H](C)[C@@H](O)COCc1ccccc1)OC. The zero-order valence-electron chi connectivity index (χ0n) is 12.9. The highest BCUT2D eigenvalue weighted by Crippen LogP contribution is 2.16. The fourth-order valence-corrected chi connectivity index (χ4v) is 1.98. The normalized spacial score (nSPS) is 15.9. The summed E-state index contributed by atoms with van der Waals surface area (Å²) in [6.45, 7) is 2.40. The molecular formula is C16H26O5. The molecule has 2 N–H and O–H groups in total. The first kappa shape index (κ1) is 18.1. The lowest BCUT2D eigenvalue weighted by atomic mass is 9.96. The van der Waals surface area contributed by atoms with Gasteiger partial charge in [0, 0.05) is 26.6 Å². The molecule has 1 rings (SSSR count). The molecule has 0 aliphatic rings. The van der Waals surface area contributed by atoms with Crippen LogP contribution in [0.5, 0.6) is 0 Å². The molecule has 1 aromatic carbocycles. The van der Waals surface area contributed by atoms with Gasteiger partial charge >= 0.3 is 0 Å². The van der Waals surface area contributed by atoms with Crippen LogP contribution in [-0.4, -0.2) is 49.5 Å². The summed E-state index contributed by atoms with van der Waals surface area (Å²) in [5.74, 6) is -0.325. The average molecular weight is 298 g/mol. The van der Waals surface area contributed by atoms with Crippen LogP contribution in [0.1, 0.15) is 18.9 Å². The highest BCUT2D eigenvalue weighted by atomic mass is 16.7. The van der Waals surface area contributed by atoms with Crippen LogP contribution in [0.2, 0.25) is 0 Å². The summed E-state index contributed by atoms with van der Waals surface area (Å²) in [6, 6.07) is 9.76. The van der Waals surface area contributed by atoms with Gasteiger partial charge in [-0.2, -0.15) is 0 Å². The van der Waals surface area contributed by atoms with Crippen molar-refractivity contribution in [2.24, 2.45) is 5.92 Å². The van der Waals surface area contributed by atoms with E-state index in [-0.39, 0.29) is 12.5 Å². The van der Waals surface area contributed by atoms with Crippen molar-refractivity contribution in [2.75, 3.05) is 20.8 Å². The minimum Gasteiger partial charge on any atom is -0.393 e. The molecule has 1 aromatic rings. The second-order valence-electron chi connectivity index (χ2n) is 5.13. The molecule has 0 aliphatic heterocycles. The zero-order valence-corrected chi connectivity index (χ0v) is 12.9. The van der Waals surface area contributed by atoms with E-state index < -0.39 is 18.5 Å². The molecule has 0 saturated heterocycles. The molecule has 120 valence electrons. The van der Waals surface area contributed by atoms with Gasteiger partial charge in [-0.05, 0) is 5.56 Å². The summed E-state index contributed by atoms with van der Waals surface area (Å²) in [7, 11) is 3.04. The number of aliphatic hydroxyl groups excluding tert-OH is 2. The van der Waals surface area contributed by atoms with Crippen molar-refractivity contribution in [1.29, 1.82) is 0 Å². The Kier molecular flexibility index (Phi) is 8.49. The molecule has 21 heavy (non-hydrogen) atoms. The van der Waals surface area contributed by atoms with Gasteiger partial charge in [0.05, 0.1) is 25.4 Å². The van der Waals surface area contributed by atoms with Gasteiger partial charge in [-0.1, -0.05) is 37.3 Å². The minimum absolute atomic E-state index is 0.178. The van der Waals surface area contributed by atoms with E-state index in [0.29, 0.717) is 13.0 Å². The second-order valence-corrected chi connectivity index (χ2v) is 5.13. The van der Waals surface area contributed by atoms with E-state index in [9.17, 15) is 10.2 Å². The van der Waals surface area contributed by atoms with E-state index in [1.165, 1.54) is 14.2 Å². The number of hydrogen-bond acceptors (Lipinski definition) is 5. The third kappa shape index (κ3) is 6.54. The van der Waals surface area contributed by atoms with Crippen LogP contribution >= 0.6 is 0 Å². The van der Waals surface area contributed by atoms with Crippen molar-refractivity contribution in [3.8, 4) is 0 Å². The Bertz CT molecular complexity index is 366. The molecule has 5 heteroatoms. The monoisotopic (exact) mass is 298 g/mol. The molecule has 0 saturated carbocycles. The third-order valence-corrected chi connectivity index (χ3v) is 3.57. The van der Waals surface area contributed by atoms with E-state index in [0.717, 1.165) is 5.56 Å². The Morgan fingerprint density at radius 1 is 1.00 bits per heavy atom. The van der Waals surface area contributed by atoms with Gasteiger partial charge in [0.15, 0.2) is 6.29 Å². The molecule has 0 aromatic heterocycles. The van der Waals surface area contributed by atoms with E-state index >= 15 is 0 Å². The topological polar surface area (TPSA) is 68.2 Å². The van der Waals surface area contributed by atoms with Crippen LogP contribution in [0.15, 0.2) is 30.3 Å². The highest BCUT2D eigenvalue weighted by molar-refractivity contribution is 5.13. The van der Waals surface area contributed by atoms with Crippen LogP contribution in [0.25, 0.3) is 0 Å². The Labute approximate surface area is 126 Å². The van der Waals surface area contributed by atoms with Crippen molar-refractivity contribution in [3.05, 3.63) is 35.9 Å². The number of aliphatic hydroxyl groups is 2. The molecule has 0 aliphatic carbocycles. The van der Waals surface area contributed by atoms with Crippen molar-refractivity contribution in [2.45, 2.75) is 38.4 Å². The van der Waals surface area contributed by atoms with Gasteiger partial charge in [-0.3, -0.25) is 0 Å². The highest BCUT2D eigenvalue weighted by Gasteiger charge is 2.25. The Morgan fingerprint density at radius 2 is 1.62 bits per heavy atom. The Morgan fingerprint density at radius 3 is 2.19 bits per heavy atom. The maximum Gasteiger partial charge on any atom is 0.159 e. The van der Waals surface area contributed by atoms with Crippen molar-refractivity contribution in [3.63, 3.8) is 0 Å². The number of benzene rings is 1. The lowest BCUT2D eigenvalue weighted by molar-refractivity contribution is -0.135. The fraction of sp³-hybridized carbons (Fsp3) is 0.625. The van der Waals surface area contributed by atoms with Gasteiger partial charge in [-0.25, -0.2) is 0 Å². The summed E-state index contributed by atoms with van der Waals surface area (Å²) >= 11 is 0. The zero-order chi connectivity index (χ0) is 15.7. The molecule has 0 radical (unpaired) electrons. The Balaban J connectivity index is 2.31. The molecule has 0 amide bonds. The average Bonchev–Trinajstić information content (AvgIpc) is 2.52. The lowest BCUT2D eigenvalue weighted by Crippen LogP contribution is -2.35. The summed E-state index contributed by atoms with van der Waals surface area (Å²) in [5, 5.41) is 20.1. The smallest absolute Gasteiger partial charge is 0.159 e. The summed E-state index contributed by atoms with van der Waals surface area (Å²) in [6.07, 6.45) is -1.62. The molecule has 0 bridgehead atoms. The van der Waals surface area contributed by atoms with E-state index in [1.807, 2.05) is 30.3 Å². The van der Waals surface area contributed by atoms with Crippen LogP contribution in [0, 0.1) is 5.92 Å². The maximum atomic E-state index is 10.1. The van der Waals surface area contributed by atoms with Gasteiger partial charge in [0.2, 0.25) is 0 Å². The number of hydrogen-bond donors (Lipinski definition) is 2. The molecular weight excluding hydrogens is 272 g/mol. The van der Waals surface area contributed by atoms with E-state index in [1.54, 1.807) is 6.92 Å². The second kappa shape index (κ2) is 9.87. The molecule has 0 fully saturated rings. The molecule has 0 heterocycles. The fourth-order valence-electron chi connectivity index (χ4n) is 1.98. The van der Waals surface area contributed by atoms with Crippen molar-refractivity contribution in [1.82, 2.24) is 0 Å². The standard InChI is InChI=1S/C16H26O5/c1-12(14(17)9-16(19-2)20-3)15(18)11-21-10-13-7-5-4-6-8-13/h4-8,12,14-18H,9-11H2,1-3H3/t12-,14-,15+/m1/s1. The Hall–Kier alpha value is -0.980. The predicted octanol–water partition coefficient (Wildman–Crippen LogP) is 1.57. The van der Waals surface area contributed by atoms with Gasteiger partial charge in [0.1, 0.15) is 0 Å². The lowest BCUT2D eigenvalue weighted by Gasteiger charge is -2.26. The van der Waals surface area contributed by atoms with Gasteiger partial charge < -0.3 is 24.4 Å². The van der Waals surface area contributed by atoms with Gasteiger partial charge in [0.25, 0.3) is 0 Å². The van der Waals surface area contributed by atoms with Crippen LogP contribution in [0.4, 0.5) is 0 Å². The summed E-state index contributed by atoms with van der Waals surface area (Å²) in [4.78, 5) is 0. The predicted molar refractivity (Wildman–Crippen MR) is 79.7 cm³/mol. The van der Waals surface area contributed by atoms with Crippen LogP contribution in [-0.2, 0) is 20.8 Å². The molecule has 0 spiro atoms. The number of rotatable bonds is 10. The van der Waals surface area contributed by atoms with E-state index in [4.69, 9.17) is 14.2 Å². The first-order chi connectivity index (χ1) is 10.1. The first-order valence-electron chi connectivity index (χ1n) is 7.11. The first-order valence-corrected chi connectivity index (χ1v) is 7.11. The molecule has 0 unspecified atom stereocenters. The minimum atomic E-state index is -0.738.